The molecule has 106 valence electrons. The van der Waals surface area contributed by atoms with Gasteiger partial charge >= 0.3 is 0 Å². The third kappa shape index (κ3) is 3.28. The summed E-state index contributed by atoms with van der Waals surface area (Å²) < 4.78 is 1.46. The molecule has 1 atom stereocenters. The number of hydrogen-bond acceptors (Lipinski definition) is 4. The van der Waals surface area contributed by atoms with Gasteiger partial charge in [-0.15, -0.1) is 0 Å². The van der Waals surface area contributed by atoms with Gasteiger partial charge in [-0.25, -0.2) is 4.68 Å². The first-order chi connectivity index (χ1) is 9.13. The number of nitrogens with zero attached hydrogens (tertiary/aromatic N) is 3. The zero-order valence-corrected chi connectivity index (χ0v) is 12.3. The monoisotopic (exact) mass is 284 g/mol. The van der Waals surface area contributed by atoms with Crippen molar-refractivity contribution in [3.8, 4) is 0 Å². The van der Waals surface area contributed by atoms with Crippen LogP contribution in [0.4, 0.5) is 5.69 Å². The Morgan fingerprint density at radius 2 is 2.37 bits per heavy atom. The van der Waals surface area contributed by atoms with Crippen molar-refractivity contribution < 1.29 is 0 Å². The van der Waals surface area contributed by atoms with Crippen molar-refractivity contribution in [3.05, 3.63) is 21.6 Å². The molecule has 1 aliphatic rings. The number of nitrogens with one attached hydrogen (secondary N) is 1. The minimum atomic E-state index is -0.182. The summed E-state index contributed by atoms with van der Waals surface area (Å²) in [7, 11) is 0. The third-order valence-corrected chi connectivity index (χ3v) is 3.75. The van der Waals surface area contributed by atoms with Crippen LogP contribution in [0.2, 0.25) is 5.02 Å². The molecule has 0 aliphatic carbocycles. The van der Waals surface area contributed by atoms with Gasteiger partial charge in [0.15, 0.2) is 0 Å². The molecule has 5 nitrogen and oxygen atoms in total. The number of halogens is 1. The quantitative estimate of drug-likeness (QED) is 0.910. The van der Waals surface area contributed by atoms with Crippen LogP contribution in [-0.4, -0.2) is 35.5 Å². The molecule has 1 aromatic rings. The van der Waals surface area contributed by atoms with Gasteiger partial charge in [-0.05, 0) is 13.3 Å². The van der Waals surface area contributed by atoms with Crippen LogP contribution in [0.5, 0.6) is 0 Å². The predicted octanol–water partition coefficient (Wildman–Crippen LogP) is 1.49. The van der Waals surface area contributed by atoms with E-state index in [0.29, 0.717) is 17.6 Å². The van der Waals surface area contributed by atoms with Gasteiger partial charge in [-0.1, -0.05) is 24.9 Å². The first kappa shape index (κ1) is 14.3. The zero-order chi connectivity index (χ0) is 13.8. The zero-order valence-electron chi connectivity index (χ0n) is 11.5. The molecule has 1 fully saturated rings. The number of anilines is 1. The van der Waals surface area contributed by atoms with E-state index in [9.17, 15) is 4.79 Å². The topological polar surface area (TPSA) is 50.2 Å². The van der Waals surface area contributed by atoms with E-state index < -0.39 is 0 Å². The van der Waals surface area contributed by atoms with Crippen molar-refractivity contribution in [1.82, 2.24) is 15.1 Å². The summed E-state index contributed by atoms with van der Waals surface area (Å²) in [4.78, 5) is 14.3. The lowest BCUT2D eigenvalue weighted by Crippen LogP contribution is -2.49. The minimum absolute atomic E-state index is 0.182. The molecule has 1 aromatic heterocycles. The van der Waals surface area contributed by atoms with Crippen LogP contribution in [0.1, 0.15) is 26.7 Å². The molecule has 1 saturated heterocycles. The Hall–Kier alpha value is -1.07. The van der Waals surface area contributed by atoms with Crippen LogP contribution in [0.3, 0.4) is 0 Å². The SMILES string of the molecule is CCCCn1ncc(N2CCNC(C)C2)c(Cl)c1=O. The molecule has 0 amide bonds. The molecule has 2 heterocycles. The molecule has 6 heteroatoms. The molecule has 0 spiro atoms. The maximum Gasteiger partial charge on any atom is 0.287 e. The molecule has 0 radical (unpaired) electrons. The Kier molecular flexibility index (Phi) is 4.82. The Morgan fingerprint density at radius 1 is 1.58 bits per heavy atom. The second kappa shape index (κ2) is 6.39. The molecular formula is C13H21ClN4O. The fourth-order valence-electron chi connectivity index (χ4n) is 2.30. The normalized spacial score (nSPS) is 19.7. The summed E-state index contributed by atoms with van der Waals surface area (Å²) in [5.74, 6) is 0. The summed E-state index contributed by atoms with van der Waals surface area (Å²) in [5.41, 5.74) is 0.576. The van der Waals surface area contributed by atoms with Crippen LogP contribution in [0.25, 0.3) is 0 Å². The lowest BCUT2D eigenvalue weighted by molar-refractivity contribution is 0.482. The molecular weight excluding hydrogens is 264 g/mol. The average Bonchev–Trinajstić information content (AvgIpc) is 2.40. The van der Waals surface area contributed by atoms with Crippen molar-refractivity contribution in [2.75, 3.05) is 24.5 Å². The molecule has 0 saturated carbocycles. The van der Waals surface area contributed by atoms with Gasteiger partial charge in [0.25, 0.3) is 5.56 Å². The minimum Gasteiger partial charge on any atom is -0.366 e. The number of aryl methyl sites for hydroxylation is 1. The van der Waals surface area contributed by atoms with Gasteiger partial charge in [0, 0.05) is 32.2 Å². The number of aromatic nitrogens is 2. The highest BCUT2D eigenvalue weighted by molar-refractivity contribution is 6.33. The number of hydrogen-bond donors (Lipinski definition) is 1. The highest BCUT2D eigenvalue weighted by atomic mass is 35.5. The summed E-state index contributed by atoms with van der Waals surface area (Å²) >= 11 is 6.22. The summed E-state index contributed by atoms with van der Waals surface area (Å²) in [6, 6.07) is 0.396. The van der Waals surface area contributed by atoms with E-state index in [2.05, 4.69) is 29.2 Å². The van der Waals surface area contributed by atoms with Crippen molar-refractivity contribution in [2.45, 2.75) is 39.3 Å². The van der Waals surface area contributed by atoms with Crippen LogP contribution < -0.4 is 15.8 Å². The van der Waals surface area contributed by atoms with Gasteiger partial charge in [0.05, 0.1) is 11.9 Å². The number of rotatable bonds is 4. The van der Waals surface area contributed by atoms with E-state index in [1.807, 2.05) is 0 Å². The van der Waals surface area contributed by atoms with E-state index in [4.69, 9.17) is 11.6 Å². The highest BCUT2D eigenvalue weighted by Crippen LogP contribution is 2.22. The largest absolute Gasteiger partial charge is 0.366 e. The van der Waals surface area contributed by atoms with E-state index in [1.165, 1.54) is 4.68 Å². The van der Waals surface area contributed by atoms with E-state index >= 15 is 0 Å². The van der Waals surface area contributed by atoms with E-state index in [1.54, 1.807) is 6.20 Å². The van der Waals surface area contributed by atoms with Crippen molar-refractivity contribution in [2.24, 2.45) is 0 Å². The lowest BCUT2D eigenvalue weighted by Gasteiger charge is -2.33. The summed E-state index contributed by atoms with van der Waals surface area (Å²) in [5, 5.41) is 7.89. The van der Waals surface area contributed by atoms with E-state index in [-0.39, 0.29) is 5.56 Å². The second-order valence-electron chi connectivity index (χ2n) is 5.03. The van der Waals surface area contributed by atoms with Gasteiger partial charge in [0.2, 0.25) is 0 Å². The Bertz CT molecular complexity index is 488. The summed E-state index contributed by atoms with van der Waals surface area (Å²) in [6.45, 7) is 7.44. The summed E-state index contributed by atoms with van der Waals surface area (Å²) in [6.07, 6.45) is 3.69. The van der Waals surface area contributed by atoms with Gasteiger partial charge in [0.1, 0.15) is 5.02 Å². The standard InChI is InChI=1S/C13H21ClN4O/c1-3-4-6-18-13(19)12(14)11(8-16-18)17-7-5-15-10(2)9-17/h8,10,15H,3-7,9H2,1-2H3. The maximum absolute atomic E-state index is 12.1. The first-order valence-electron chi connectivity index (χ1n) is 6.87. The van der Waals surface area contributed by atoms with Gasteiger partial charge in [-0.3, -0.25) is 4.79 Å². The number of piperazine rings is 1. The molecule has 1 aliphatic heterocycles. The molecule has 19 heavy (non-hydrogen) atoms. The third-order valence-electron chi connectivity index (χ3n) is 3.40. The molecule has 1 unspecified atom stereocenters. The first-order valence-corrected chi connectivity index (χ1v) is 7.25. The van der Waals surface area contributed by atoms with E-state index in [0.717, 1.165) is 38.2 Å². The van der Waals surface area contributed by atoms with Gasteiger partial charge < -0.3 is 10.2 Å². The lowest BCUT2D eigenvalue weighted by atomic mass is 10.2. The van der Waals surface area contributed by atoms with Crippen molar-refractivity contribution in [3.63, 3.8) is 0 Å². The molecule has 1 N–H and O–H groups in total. The predicted molar refractivity (Wildman–Crippen MR) is 78.1 cm³/mol. The Morgan fingerprint density at radius 3 is 3.05 bits per heavy atom. The average molecular weight is 285 g/mol. The Labute approximate surface area is 118 Å². The van der Waals surface area contributed by atoms with Crippen LogP contribution in [0.15, 0.2) is 11.0 Å². The number of unbranched alkanes of at least 4 members (excludes halogenated alkanes) is 1. The second-order valence-corrected chi connectivity index (χ2v) is 5.40. The van der Waals surface area contributed by atoms with Crippen LogP contribution >= 0.6 is 11.6 Å². The smallest absolute Gasteiger partial charge is 0.287 e. The van der Waals surface area contributed by atoms with Gasteiger partial charge in [-0.2, -0.15) is 5.10 Å². The molecule has 2 rings (SSSR count). The maximum atomic E-state index is 12.1. The van der Waals surface area contributed by atoms with Crippen LogP contribution in [-0.2, 0) is 6.54 Å². The molecule has 0 bridgehead atoms. The molecule has 0 aromatic carbocycles. The van der Waals surface area contributed by atoms with Crippen molar-refractivity contribution >= 4 is 17.3 Å². The van der Waals surface area contributed by atoms with Crippen LogP contribution in [0, 0.1) is 0 Å². The fraction of sp³-hybridized carbons (Fsp3) is 0.692. The Balaban J connectivity index is 2.22. The van der Waals surface area contributed by atoms with Crippen molar-refractivity contribution in [1.29, 1.82) is 0 Å². The fourth-order valence-corrected chi connectivity index (χ4v) is 2.56. The highest BCUT2D eigenvalue weighted by Gasteiger charge is 2.20.